The van der Waals surface area contributed by atoms with Crippen LogP contribution >= 0.6 is 0 Å². The largest absolute Gasteiger partial charge is 0.288 e. The average molecular weight is 188 g/mol. The van der Waals surface area contributed by atoms with E-state index in [1.54, 1.807) is 5.01 Å². The van der Waals surface area contributed by atoms with Crippen LogP contribution in [0.25, 0.3) is 6.08 Å². The second-order valence-electron chi connectivity index (χ2n) is 3.31. The van der Waals surface area contributed by atoms with Gasteiger partial charge in [-0.1, -0.05) is 24.3 Å². The maximum Gasteiger partial charge on any atom is 0.235 e. The minimum atomic E-state index is -0.0472. The van der Waals surface area contributed by atoms with E-state index in [0.29, 0.717) is 0 Å². The summed E-state index contributed by atoms with van der Waals surface area (Å²) in [6.07, 6.45) is 3.87. The van der Waals surface area contributed by atoms with Gasteiger partial charge < -0.3 is 0 Å². The third kappa shape index (κ3) is 1.76. The van der Waals surface area contributed by atoms with Crippen molar-refractivity contribution in [2.75, 3.05) is 0 Å². The third-order valence-corrected chi connectivity index (χ3v) is 2.13. The van der Waals surface area contributed by atoms with Gasteiger partial charge in [-0.3, -0.25) is 15.2 Å². The average Bonchev–Trinajstić information content (AvgIpc) is 2.17. The molecular formula is C11H12N2O. The number of hydrazine groups is 1. The number of benzene rings is 1. The molecule has 0 fully saturated rings. The van der Waals surface area contributed by atoms with Crippen LogP contribution in [0.3, 0.4) is 0 Å². The highest BCUT2D eigenvalue weighted by molar-refractivity contribution is 5.72. The van der Waals surface area contributed by atoms with E-state index in [4.69, 9.17) is 0 Å². The summed E-state index contributed by atoms with van der Waals surface area (Å²) >= 11 is 0. The highest BCUT2D eigenvalue weighted by Crippen LogP contribution is 2.17. The lowest BCUT2D eigenvalue weighted by Crippen LogP contribution is -2.37. The number of hydrogen-bond acceptors (Lipinski definition) is 2. The predicted octanol–water partition coefficient (Wildman–Crippen LogP) is 1.52. The van der Waals surface area contributed by atoms with Gasteiger partial charge in [-0.05, 0) is 17.2 Å². The molecule has 1 aromatic rings. The van der Waals surface area contributed by atoms with Crippen molar-refractivity contribution in [3.05, 3.63) is 41.6 Å². The zero-order valence-electron chi connectivity index (χ0n) is 8.03. The van der Waals surface area contributed by atoms with Crippen LogP contribution in [0.5, 0.6) is 0 Å². The van der Waals surface area contributed by atoms with Crippen molar-refractivity contribution in [2.45, 2.75) is 13.5 Å². The number of fused-ring (bicyclic) bond motifs is 1. The summed E-state index contributed by atoms with van der Waals surface area (Å²) in [6, 6.07) is 8.14. The Morgan fingerprint density at radius 2 is 2.21 bits per heavy atom. The fourth-order valence-electron chi connectivity index (χ4n) is 1.53. The minimum Gasteiger partial charge on any atom is -0.288 e. The van der Waals surface area contributed by atoms with Gasteiger partial charge in [-0.25, -0.2) is 0 Å². The van der Waals surface area contributed by atoms with Crippen molar-refractivity contribution < 1.29 is 4.79 Å². The van der Waals surface area contributed by atoms with E-state index < -0.39 is 0 Å². The Labute approximate surface area is 83.0 Å². The SMILES string of the molecule is CC(=O)NN1C=Cc2ccccc2C1. The van der Waals surface area contributed by atoms with Crippen LogP contribution in [0, 0.1) is 0 Å². The summed E-state index contributed by atoms with van der Waals surface area (Å²) in [5.74, 6) is -0.0472. The van der Waals surface area contributed by atoms with Crippen molar-refractivity contribution in [3.63, 3.8) is 0 Å². The first-order valence-corrected chi connectivity index (χ1v) is 4.56. The lowest BCUT2D eigenvalue weighted by atomic mass is 10.1. The molecule has 72 valence electrons. The molecule has 1 aliphatic rings. The van der Waals surface area contributed by atoms with Gasteiger partial charge in [0.05, 0.1) is 6.54 Å². The van der Waals surface area contributed by atoms with Gasteiger partial charge in [0.25, 0.3) is 0 Å². The highest BCUT2D eigenvalue weighted by Gasteiger charge is 2.09. The monoisotopic (exact) mass is 188 g/mol. The first-order chi connectivity index (χ1) is 6.75. The molecule has 3 heteroatoms. The van der Waals surface area contributed by atoms with E-state index in [0.717, 1.165) is 6.54 Å². The second-order valence-corrected chi connectivity index (χ2v) is 3.31. The molecule has 0 saturated heterocycles. The molecule has 1 aliphatic heterocycles. The fourth-order valence-corrected chi connectivity index (χ4v) is 1.53. The number of hydrogen-bond donors (Lipinski definition) is 1. The van der Waals surface area contributed by atoms with E-state index >= 15 is 0 Å². The standard InChI is InChI=1S/C11H12N2O/c1-9(14)12-13-7-6-10-4-2-3-5-11(10)8-13/h2-7H,8H2,1H3,(H,12,14). The Bertz CT molecular complexity index is 385. The van der Waals surface area contributed by atoms with Crippen molar-refractivity contribution in [2.24, 2.45) is 0 Å². The molecule has 1 aromatic carbocycles. The van der Waals surface area contributed by atoms with Gasteiger partial charge >= 0.3 is 0 Å². The van der Waals surface area contributed by atoms with Gasteiger partial charge in [-0.2, -0.15) is 0 Å². The van der Waals surface area contributed by atoms with E-state index in [-0.39, 0.29) is 5.91 Å². The Kier molecular flexibility index (Phi) is 2.23. The third-order valence-electron chi connectivity index (χ3n) is 2.13. The maximum absolute atomic E-state index is 10.8. The molecule has 0 saturated carbocycles. The topological polar surface area (TPSA) is 32.3 Å². The van der Waals surface area contributed by atoms with E-state index in [2.05, 4.69) is 17.6 Å². The smallest absolute Gasteiger partial charge is 0.235 e. The van der Waals surface area contributed by atoms with Crippen molar-refractivity contribution in [1.29, 1.82) is 0 Å². The Morgan fingerprint density at radius 3 is 3.00 bits per heavy atom. The minimum absolute atomic E-state index is 0.0472. The number of rotatable bonds is 1. The Morgan fingerprint density at radius 1 is 1.43 bits per heavy atom. The molecule has 1 N–H and O–H groups in total. The summed E-state index contributed by atoms with van der Waals surface area (Å²) < 4.78 is 0. The van der Waals surface area contributed by atoms with Crippen LogP contribution in [0.2, 0.25) is 0 Å². The molecule has 0 aromatic heterocycles. The lowest BCUT2D eigenvalue weighted by Gasteiger charge is -2.24. The van der Waals surface area contributed by atoms with Crippen LogP contribution < -0.4 is 5.43 Å². The van der Waals surface area contributed by atoms with Gasteiger partial charge in [0.15, 0.2) is 0 Å². The van der Waals surface area contributed by atoms with Crippen LogP contribution in [-0.2, 0) is 11.3 Å². The van der Waals surface area contributed by atoms with Crippen LogP contribution in [-0.4, -0.2) is 10.9 Å². The molecule has 0 radical (unpaired) electrons. The fraction of sp³-hybridized carbons (Fsp3) is 0.182. The van der Waals surface area contributed by atoms with E-state index in [9.17, 15) is 4.79 Å². The van der Waals surface area contributed by atoms with E-state index in [1.165, 1.54) is 18.1 Å². The normalized spacial score (nSPS) is 13.6. The molecule has 0 atom stereocenters. The first-order valence-electron chi connectivity index (χ1n) is 4.56. The number of nitrogens with zero attached hydrogens (tertiary/aromatic N) is 1. The van der Waals surface area contributed by atoms with Gasteiger partial charge in [-0.15, -0.1) is 0 Å². The number of amides is 1. The molecule has 1 amide bonds. The molecule has 1 heterocycles. The van der Waals surface area contributed by atoms with Crippen LogP contribution in [0.4, 0.5) is 0 Å². The summed E-state index contributed by atoms with van der Waals surface area (Å²) in [7, 11) is 0. The summed E-state index contributed by atoms with van der Waals surface area (Å²) in [6.45, 7) is 2.24. The molecule has 0 spiro atoms. The summed E-state index contributed by atoms with van der Waals surface area (Å²) in [5, 5.41) is 1.78. The Balaban J connectivity index is 2.17. The first kappa shape index (κ1) is 8.81. The number of nitrogens with one attached hydrogen (secondary N) is 1. The van der Waals surface area contributed by atoms with E-state index in [1.807, 2.05) is 24.4 Å². The molecule has 2 rings (SSSR count). The van der Waals surface area contributed by atoms with Crippen LogP contribution in [0.1, 0.15) is 18.1 Å². The number of carbonyl (C=O) groups is 1. The van der Waals surface area contributed by atoms with Gasteiger partial charge in [0.1, 0.15) is 0 Å². The quantitative estimate of drug-likeness (QED) is 0.724. The zero-order valence-corrected chi connectivity index (χ0v) is 8.03. The maximum atomic E-state index is 10.8. The lowest BCUT2D eigenvalue weighted by molar-refractivity contribution is -0.122. The Hall–Kier alpha value is -1.77. The molecule has 0 bridgehead atoms. The van der Waals surface area contributed by atoms with Crippen molar-refractivity contribution in [3.8, 4) is 0 Å². The molecule has 3 nitrogen and oxygen atoms in total. The van der Waals surface area contributed by atoms with Crippen molar-refractivity contribution in [1.82, 2.24) is 10.4 Å². The number of carbonyl (C=O) groups excluding carboxylic acids is 1. The second kappa shape index (κ2) is 3.54. The molecule has 14 heavy (non-hydrogen) atoms. The predicted molar refractivity (Wildman–Crippen MR) is 54.8 cm³/mol. The summed E-state index contributed by atoms with van der Waals surface area (Å²) in [4.78, 5) is 10.8. The van der Waals surface area contributed by atoms with Crippen molar-refractivity contribution >= 4 is 12.0 Å². The molecule has 0 unspecified atom stereocenters. The summed E-state index contributed by atoms with van der Waals surface area (Å²) in [5.41, 5.74) is 5.17. The highest BCUT2D eigenvalue weighted by atomic mass is 16.2. The van der Waals surface area contributed by atoms with Gasteiger partial charge in [0.2, 0.25) is 5.91 Å². The van der Waals surface area contributed by atoms with Gasteiger partial charge in [0, 0.05) is 13.1 Å². The molecular weight excluding hydrogens is 176 g/mol. The zero-order chi connectivity index (χ0) is 9.97. The molecule has 0 aliphatic carbocycles. The van der Waals surface area contributed by atoms with Crippen LogP contribution in [0.15, 0.2) is 30.5 Å².